The molecule has 0 bridgehead atoms. The summed E-state index contributed by atoms with van der Waals surface area (Å²) in [5, 5.41) is 24.5. The number of hydrogen-bond donors (Lipinski definition) is 3. The van der Waals surface area contributed by atoms with Crippen LogP contribution in [0.5, 0.6) is 23.0 Å². The van der Waals surface area contributed by atoms with Crippen LogP contribution in [-0.2, 0) is 4.79 Å². The number of aromatic carboxylic acids is 1. The van der Waals surface area contributed by atoms with E-state index in [1.165, 1.54) is 53.2 Å². The van der Waals surface area contributed by atoms with E-state index in [0.717, 1.165) is 26.6 Å². The van der Waals surface area contributed by atoms with E-state index in [1.54, 1.807) is 6.20 Å². The highest BCUT2D eigenvalue weighted by molar-refractivity contribution is 7.24. The molecule has 7 heterocycles. The molecule has 11 nitrogen and oxygen atoms in total. The van der Waals surface area contributed by atoms with Gasteiger partial charge in [0.2, 0.25) is 0 Å². The summed E-state index contributed by atoms with van der Waals surface area (Å²) >= 11 is 3.04. The van der Waals surface area contributed by atoms with Crippen LogP contribution in [-0.4, -0.2) is 58.5 Å². The number of thiophene rings is 2. The summed E-state index contributed by atoms with van der Waals surface area (Å²) in [5.41, 5.74) is 2.20. The monoisotopic (exact) mass is 617 g/mol. The van der Waals surface area contributed by atoms with Crippen LogP contribution in [0.4, 0.5) is 0 Å². The maximum atomic E-state index is 12.1. The van der Waals surface area contributed by atoms with E-state index in [9.17, 15) is 19.8 Å². The second-order valence-electron chi connectivity index (χ2n) is 9.74. The van der Waals surface area contributed by atoms with Gasteiger partial charge >= 0.3 is 11.9 Å². The Hall–Kier alpha value is -4.88. The zero-order valence-corrected chi connectivity index (χ0v) is 24.0. The first-order chi connectivity index (χ1) is 21.0. The SMILES string of the molecule is O=C(O)C1=CC(c2cc(C(=O)O)ccn2)NC(c2cc(-c3sc(-c4scc5c4OCCO5)c4c3OCCCO4)ccn2)=C1. The fourth-order valence-electron chi connectivity index (χ4n) is 4.97. The molecule has 0 fully saturated rings. The average molecular weight is 618 g/mol. The van der Waals surface area contributed by atoms with Gasteiger partial charge in [0.25, 0.3) is 0 Å². The Bertz CT molecular complexity index is 1830. The molecule has 0 saturated carbocycles. The summed E-state index contributed by atoms with van der Waals surface area (Å²) in [6, 6.07) is 5.83. The van der Waals surface area contributed by atoms with Gasteiger partial charge in [-0.05, 0) is 42.0 Å². The van der Waals surface area contributed by atoms with Crippen LogP contribution in [0.1, 0.15) is 34.2 Å². The van der Waals surface area contributed by atoms with E-state index in [-0.39, 0.29) is 11.1 Å². The molecule has 13 heteroatoms. The van der Waals surface area contributed by atoms with Gasteiger partial charge in [-0.3, -0.25) is 9.97 Å². The molecule has 0 saturated heterocycles. The average Bonchev–Trinajstić information content (AvgIpc) is 3.53. The standard InChI is InChI=1S/C30H23N3O8S2/c34-29(35)16-3-5-32-19(11-16)21-13-17(30(36)37)12-20(33-21)18-10-15(2-4-31-18)26-24-25(40-7-1-6-39-24)28(43-26)27-23-22(14-42-27)38-8-9-41-23/h2-5,10-14,21,33H,1,6-9H2,(H,34,35)(H,36,37). The quantitative estimate of drug-likeness (QED) is 0.260. The minimum absolute atomic E-state index is 0.0298. The van der Waals surface area contributed by atoms with Gasteiger partial charge in [-0.15, -0.1) is 22.7 Å². The molecule has 0 radical (unpaired) electrons. The van der Waals surface area contributed by atoms with Gasteiger partial charge in [0, 0.05) is 24.2 Å². The molecule has 0 amide bonds. The van der Waals surface area contributed by atoms with Crippen LogP contribution >= 0.6 is 22.7 Å². The largest absolute Gasteiger partial charge is 0.488 e. The van der Waals surface area contributed by atoms with Crippen molar-refractivity contribution in [3.63, 3.8) is 0 Å². The fraction of sp³-hybridized carbons (Fsp3) is 0.200. The van der Waals surface area contributed by atoms with Crippen molar-refractivity contribution in [3.05, 3.63) is 76.7 Å². The highest BCUT2D eigenvalue weighted by Gasteiger charge is 2.31. The van der Waals surface area contributed by atoms with Crippen molar-refractivity contribution in [1.82, 2.24) is 15.3 Å². The lowest BCUT2D eigenvalue weighted by atomic mass is 10.00. The number of nitrogens with zero attached hydrogens (tertiary/aromatic N) is 2. The molecular weight excluding hydrogens is 594 g/mol. The maximum absolute atomic E-state index is 12.1. The Morgan fingerprint density at radius 2 is 1.63 bits per heavy atom. The topological polar surface area (TPSA) is 149 Å². The molecule has 3 aliphatic rings. The van der Waals surface area contributed by atoms with E-state index >= 15 is 0 Å². The molecule has 0 spiro atoms. The van der Waals surface area contributed by atoms with Crippen LogP contribution in [0.3, 0.4) is 0 Å². The molecule has 4 aromatic heterocycles. The normalized spacial score (nSPS) is 17.3. The number of dihydropyridines is 1. The second kappa shape index (κ2) is 11.1. The van der Waals surface area contributed by atoms with Gasteiger partial charge in [0.1, 0.15) is 13.2 Å². The molecule has 4 aromatic rings. The second-order valence-corrected chi connectivity index (χ2v) is 11.6. The lowest BCUT2D eigenvalue weighted by Crippen LogP contribution is -2.25. The van der Waals surface area contributed by atoms with Crippen molar-refractivity contribution in [2.45, 2.75) is 12.5 Å². The van der Waals surface area contributed by atoms with E-state index in [0.29, 0.717) is 66.5 Å². The minimum atomic E-state index is -1.13. The van der Waals surface area contributed by atoms with Crippen LogP contribution < -0.4 is 24.3 Å². The number of pyridine rings is 2. The summed E-state index contributed by atoms with van der Waals surface area (Å²) < 4.78 is 24.2. The highest BCUT2D eigenvalue weighted by Crippen LogP contribution is 2.58. The van der Waals surface area contributed by atoms with E-state index in [2.05, 4.69) is 15.3 Å². The van der Waals surface area contributed by atoms with Crippen LogP contribution in [0, 0.1) is 0 Å². The van der Waals surface area contributed by atoms with E-state index in [1.807, 2.05) is 17.5 Å². The summed E-state index contributed by atoms with van der Waals surface area (Å²) in [6.07, 6.45) is 6.77. The number of nitrogens with one attached hydrogen (secondary N) is 1. The van der Waals surface area contributed by atoms with Gasteiger partial charge in [-0.25, -0.2) is 9.59 Å². The van der Waals surface area contributed by atoms with Crippen molar-refractivity contribution in [1.29, 1.82) is 0 Å². The lowest BCUT2D eigenvalue weighted by molar-refractivity contribution is -0.132. The van der Waals surface area contributed by atoms with Crippen LogP contribution in [0.2, 0.25) is 0 Å². The molecule has 3 N–H and O–H groups in total. The van der Waals surface area contributed by atoms with Crippen molar-refractivity contribution in [2.24, 2.45) is 0 Å². The van der Waals surface area contributed by atoms with Crippen molar-refractivity contribution in [3.8, 4) is 43.2 Å². The van der Waals surface area contributed by atoms with Crippen molar-refractivity contribution in [2.75, 3.05) is 26.4 Å². The molecule has 7 rings (SSSR count). The predicted molar refractivity (Wildman–Crippen MR) is 158 cm³/mol. The number of rotatable bonds is 6. The summed E-state index contributed by atoms with van der Waals surface area (Å²) in [4.78, 5) is 35.0. The Balaban J connectivity index is 1.28. The first-order valence-corrected chi connectivity index (χ1v) is 15.0. The third-order valence-electron chi connectivity index (χ3n) is 6.96. The smallest absolute Gasteiger partial charge is 0.335 e. The van der Waals surface area contributed by atoms with Crippen molar-refractivity contribution >= 4 is 40.3 Å². The molecular formula is C30H23N3O8S2. The number of carbonyl (C=O) groups is 2. The third kappa shape index (κ3) is 5.06. The molecule has 0 aliphatic carbocycles. The number of fused-ring (bicyclic) bond motifs is 2. The third-order valence-corrected chi connectivity index (χ3v) is 9.27. The Morgan fingerprint density at radius 1 is 0.860 bits per heavy atom. The number of ether oxygens (including phenoxy) is 4. The van der Waals surface area contributed by atoms with Gasteiger partial charge in [0.05, 0.1) is 62.1 Å². The molecule has 0 aromatic carbocycles. The summed E-state index contributed by atoms with van der Waals surface area (Å²) in [6.45, 7) is 1.98. The number of hydrogen-bond acceptors (Lipinski definition) is 11. The molecule has 43 heavy (non-hydrogen) atoms. The number of aliphatic carboxylic acids is 1. The van der Waals surface area contributed by atoms with E-state index < -0.39 is 18.0 Å². The van der Waals surface area contributed by atoms with E-state index in [4.69, 9.17) is 18.9 Å². The number of carboxylic acids is 2. The Kier molecular flexibility index (Phi) is 6.95. The Morgan fingerprint density at radius 3 is 2.44 bits per heavy atom. The van der Waals surface area contributed by atoms with Gasteiger partial charge < -0.3 is 34.5 Å². The maximum Gasteiger partial charge on any atom is 0.335 e. The molecule has 218 valence electrons. The number of carboxylic acid groups (broad SMARTS) is 2. The minimum Gasteiger partial charge on any atom is -0.488 e. The van der Waals surface area contributed by atoms with Crippen molar-refractivity contribution < 1.29 is 38.7 Å². The van der Waals surface area contributed by atoms with Gasteiger partial charge in [-0.2, -0.15) is 0 Å². The summed E-state index contributed by atoms with van der Waals surface area (Å²) in [5.74, 6) is 0.481. The molecule has 1 atom stereocenters. The predicted octanol–water partition coefficient (Wildman–Crippen LogP) is 5.26. The summed E-state index contributed by atoms with van der Waals surface area (Å²) in [7, 11) is 0. The van der Waals surface area contributed by atoms with Gasteiger partial charge in [-0.1, -0.05) is 0 Å². The zero-order valence-electron chi connectivity index (χ0n) is 22.4. The molecule has 1 unspecified atom stereocenters. The first kappa shape index (κ1) is 27.0. The van der Waals surface area contributed by atoms with Gasteiger partial charge in [0.15, 0.2) is 23.0 Å². The molecule has 3 aliphatic heterocycles. The first-order valence-electron chi connectivity index (χ1n) is 13.4. The fourth-order valence-corrected chi connectivity index (χ4v) is 7.23. The Labute approximate surface area is 252 Å². The zero-order chi connectivity index (χ0) is 29.5. The van der Waals surface area contributed by atoms with Crippen LogP contribution in [0.15, 0.2) is 59.8 Å². The number of aromatic nitrogens is 2. The lowest BCUT2D eigenvalue weighted by Gasteiger charge is -2.23. The highest BCUT2D eigenvalue weighted by atomic mass is 32.1. The van der Waals surface area contributed by atoms with Crippen LogP contribution in [0.25, 0.3) is 25.9 Å².